The number of benzene rings is 1. The number of nitrogens with zero attached hydrogens (tertiary/aromatic N) is 3. The minimum Gasteiger partial charge on any atom is -0.366 e. The summed E-state index contributed by atoms with van der Waals surface area (Å²) in [5.41, 5.74) is 2.02. The molecule has 0 aliphatic carbocycles. The molecule has 3 rings (SSSR count). The summed E-state index contributed by atoms with van der Waals surface area (Å²) in [6, 6.07) is 12.2. The maximum absolute atomic E-state index is 13.9. The van der Waals surface area contributed by atoms with Crippen molar-refractivity contribution in [3.63, 3.8) is 0 Å². The number of halogens is 2. The Labute approximate surface area is 176 Å². The molecule has 0 radical (unpaired) electrons. The molecule has 1 unspecified atom stereocenters. The summed E-state index contributed by atoms with van der Waals surface area (Å²) in [6.07, 6.45) is 1.91. The zero-order valence-corrected chi connectivity index (χ0v) is 19.5. The molecule has 1 atom stereocenters. The molecular weight excluding hydrogens is 437 g/mol. The van der Waals surface area contributed by atoms with E-state index in [1.165, 1.54) is 6.07 Å². The fraction of sp³-hybridized carbons (Fsp3) is 0.429. The van der Waals surface area contributed by atoms with Crippen molar-refractivity contribution in [3.8, 4) is 0 Å². The summed E-state index contributed by atoms with van der Waals surface area (Å²) < 4.78 is 20.4. The van der Waals surface area contributed by atoms with Gasteiger partial charge in [0.05, 0.1) is 16.8 Å². The zero-order chi connectivity index (χ0) is 20.4. The molecule has 28 heavy (non-hydrogen) atoms. The number of aliphatic imine (C=N–C) groups is 1. The van der Waals surface area contributed by atoms with Crippen LogP contribution in [0.2, 0.25) is 25.7 Å². The van der Waals surface area contributed by atoms with E-state index < -0.39 is 13.6 Å². The van der Waals surface area contributed by atoms with Crippen LogP contribution in [0.5, 0.6) is 0 Å². The Bertz CT molecular complexity index is 871. The first kappa shape index (κ1) is 21.3. The van der Waals surface area contributed by atoms with Crippen LogP contribution in [0.3, 0.4) is 0 Å². The topological polar surface area (TPSA) is 37.7 Å². The maximum Gasteiger partial charge on any atom is 0.137 e. The van der Waals surface area contributed by atoms with Gasteiger partial charge in [0.15, 0.2) is 0 Å². The van der Waals surface area contributed by atoms with Gasteiger partial charge < -0.3 is 4.74 Å². The van der Waals surface area contributed by atoms with Crippen LogP contribution >= 0.6 is 15.9 Å². The van der Waals surface area contributed by atoms with Crippen LogP contribution in [0, 0.1) is 12.7 Å². The van der Waals surface area contributed by atoms with Gasteiger partial charge >= 0.3 is 0 Å². The van der Waals surface area contributed by atoms with E-state index in [0.717, 1.165) is 29.6 Å². The number of ether oxygens (including phenoxy) is 1. The minimum absolute atomic E-state index is 0.288. The lowest BCUT2D eigenvalue weighted by molar-refractivity contribution is 0.0111. The lowest BCUT2D eigenvalue weighted by Crippen LogP contribution is -2.46. The molecule has 0 bridgehead atoms. The molecule has 1 aliphatic heterocycles. The van der Waals surface area contributed by atoms with Gasteiger partial charge in [-0.25, -0.2) is 9.29 Å². The normalized spacial score (nSPS) is 20.1. The third-order valence-electron chi connectivity index (χ3n) is 4.91. The van der Waals surface area contributed by atoms with Crippen LogP contribution in [0.25, 0.3) is 0 Å². The van der Waals surface area contributed by atoms with Gasteiger partial charge in [-0.05, 0) is 58.7 Å². The number of hydrogen-bond acceptors (Lipinski definition) is 4. The van der Waals surface area contributed by atoms with Crippen LogP contribution in [0.4, 0.5) is 4.39 Å². The van der Waals surface area contributed by atoms with Crippen molar-refractivity contribution in [1.82, 2.24) is 9.88 Å². The lowest BCUT2D eigenvalue weighted by atomic mass is 9.86. The van der Waals surface area contributed by atoms with Crippen molar-refractivity contribution in [2.45, 2.75) is 38.1 Å². The molecule has 1 aromatic carbocycles. The summed E-state index contributed by atoms with van der Waals surface area (Å²) in [5, 5.41) is 0. The Hall–Kier alpha value is -1.41. The van der Waals surface area contributed by atoms with E-state index >= 15 is 0 Å². The Morgan fingerprint density at radius 1 is 1.25 bits per heavy atom. The van der Waals surface area contributed by atoms with E-state index in [4.69, 9.17) is 9.72 Å². The highest BCUT2D eigenvalue weighted by Crippen LogP contribution is 2.38. The summed E-state index contributed by atoms with van der Waals surface area (Å²) in [6.45, 7) is 10.7. The molecule has 0 spiro atoms. The van der Waals surface area contributed by atoms with Gasteiger partial charge in [0.25, 0.3) is 0 Å². The van der Waals surface area contributed by atoms with Crippen LogP contribution in [-0.4, -0.2) is 44.2 Å². The van der Waals surface area contributed by atoms with Crippen LogP contribution < -0.4 is 0 Å². The van der Waals surface area contributed by atoms with Gasteiger partial charge in [-0.2, -0.15) is 0 Å². The van der Waals surface area contributed by atoms with Crippen molar-refractivity contribution in [3.05, 3.63) is 63.6 Å². The first-order valence-electron chi connectivity index (χ1n) is 9.46. The number of pyridine rings is 1. The summed E-state index contributed by atoms with van der Waals surface area (Å²) in [7, 11) is -1.15. The minimum atomic E-state index is -1.15. The number of aryl methyl sites for hydroxylation is 1. The van der Waals surface area contributed by atoms with E-state index in [-0.39, 0.29) is 5.82 Å². The maximum atomic E-state index is 13.9. The highest BCUT2D eigenvalue weighted by atomic mass is 79.9. The molecule has 0 amide bonds. The van der Waals surface area contributed by atoms with Crippen molar-refractivity contribution in [1.29, 1.82) is 0 Å². The van der Waals surface area contributed by atoms with E-state index in [9.17, 15) is 4.39 Å². The van der Waals surface area contributed by atoms with Crippen LogP contribution in [0.15, 0.2) is 45.9 Å². The standard InChI is InChI=1S/C21H27BrFN3OSi/c1-16-6-5-7-20(25-16)21(17-8-9-19(23)18(22)12-17)13-24-14-26(21)15-27-10-11-28(2,3)4/h5-9,12-13H,10-11,14-15H2,1-4H3. The number of rotatable bonds is 7. The molecule has 2 aromatic rings. The predicted molar refractivity (Wildman–Crippen MR) is 118 cm³/mol. The fourth-order valence-corrected chi connectivity index (χ4v) is 4.42. The monoisotopic (exact) mass is 463 g/mol. The SMILES string of the molecule is Cc1cccc(C2(c3ccc(F)c(Br)c3)C=NCN2COCC[Si](C)(C)C)n1. The van der Waals surface area contributed by atoms with E-state index in [2.05, 4.69) is 45.5 Å². The third-order valence-corrected chi connectivity index (χ3v) is 7.22. The largest absolute Gasteiger partial charge is 0.366 e. The fourth-order valence-electron chi connectivity index (χ4n) is 3.28. The predicted octanol–water partition coefficient (Wildman–Crippen LogP) is 5.19. The Balaban J connectivity index is 1.96. The summed E-state index contributed by atoms with van der Waals surface area (Å²) >= 11 is 3.32. The second-order valence-corrected chi connectivity index (χ2v) is 14.9. The van der Waals surface area contributed by atoms with E-state index in [0.29, 0.717) is 17.9 Å². The Morgan fingerprint density at radius 3 is 2.71 bits per heavy atom. The van der Waals surface area contributed by atoms with E-state index in [1.54, 1.807) is 6.07 Å². The zero-order valence-electron chi connectivity index (χ0n) is 16.9. The van der Waals surface area contributed by atoms with Crippen molar-refractivity contribution in [2.24, 2.45) is 4.99 Å². The molecule has 0 saturated carbocycles. The average molecular weight is 464 g/mol. The quantitative estimate of drug-likeness (QED) is 0.418. The molecular formula is C21H27BrFN3OSi. The number of aromatic nitrogens is 1. The summed E-state index contributed by atoms with van der Waals surface area (Å²) in [4.78, 5) is 11.5. The molecule has 1 aliphatic rings. The summed E-state index contributed by atoms with van der Waals surface area (Å²) in [5.74, 6) is -0.288. The van der Waals surface area contributed by atoms with Crippen molar-refractivity contribution < 1.29 is 9.13 Å². The second kappa shape index (κ2) is 8.53. The third kappa shape index (κ3) is 4.59. The highest BCUT2D eigenvalue weighted by Gasteiger charge is 2.43. The van der Waals surface area contributed by atoms with Crippen molar-refractivity contribution in [2.75, 3.05) is 20.0 Å². The molecule has 1 aromatic heterocycles. The Kier molecular flexibility index (Phi) is 6.49. The smallest absolute Gasteiger partial charge is 0.137 e. The second-order valence-electron chi connectivity index (χ2n) is 8.40. The van der Waals surface area contributed by atoms with Gasteiger partial charge in [-0.1, -0.05) is 31.8 Å². The van der Waals surface area contributed by atoms with E-state index in [1.807, 2.05) is 37.4 Å². The molecule has 0 N–H and O–H groups in total. The van der Waals surface area contributed by atoms with Gasteiger partial charge in [-0.15, -0.1) is 0 Å². The first-order valence-corrected chi connectivity index (χ1v) is 14.0. The van der Waals surface area contributed by atoms with Crippen LogP contribution in [0.1, 0.15) is 17.0 Å². The molecule has 0 saturated heterocycles. The molecule has 2 heterocycles. The van der Waals surface area contributed by atoms with Crippen LogP contribution in [-0.2, 0) is 10.3 Å². The van der Waals surface area contributed by atoms with Crippen molar-refractivity contribution >= 4 is 30.2 Å². The van der Waals surface area contributed by atoms with Gasteiger partial charge in [0.1, 0.15) is 18.1 Å². The van der Waals surface area contributed by atoms with Gasteiger partial charge in [0.2, 0.25) is 0 Å². The highest BCUT2D eigenvalue weighted by molar-refractivity contribution is 9.10. The lowest BCUT2D eigenvalue weighted by Gasteiger charge is -2.36. The first-order chi connectivity index (χ1) is 13.2. The molecule has 0 fully saturated rings. The Morgan fingerprint density at radius 2 is 2.04 bits per heavy atom. The molecule has 150 valence electrons. The van der Waals surface area contributed by atoms with Gasteiger partial charge in [-0.3, -0.25) is 9.98 Å². The average Bonchev–Trinajstić information content (AvgIpc) is 3.05. The van der Waals surface area contributed by atoms with Gasteiger partial charge in [0, 0.05) is 26.6 Å². The molecule has 7 heteroatoms. The number of hydrogen-bond donors (Lipinski definition) is 0. The molecule has 4 nitrogen and oxygen atoms in total.